The van der Waals surface area contributed by atoms with Crippen LogP contribution in [0.1, 0.15) is 61.3 Å². The van der Waals surface area contributed by atoms with Crippen molar-refractivity contribution in [1.29, 1.82) is 0 Å². The van der Waals surface area contributed by atoms with Crippen LogP contribution in [0, 0.1) is 6.92 Å². The van der Waals surface area contributed by atoms with E-state index < -0.39 is 0 Å². The van der Waals surface area contributed by atoms with Crippen molar-refractivity contribution in [3.8, 4) is 0 Å². The van der Waals surface area contributed by atoms with Crippen molar-refractivity contribution in [2.45, 2.75) is 72.1 Å². The number of nitrogens with one attached hydrogen (secondary N) is 1. The molecule has 8 heteroatoms. The number of amides is 1. The predicted molar refractivity (Wildman–Crippen MR) is 124 cm³/mol. The zero-order valence-electron chi connectivity index (χ0n) is 19.5. The Morgan fingerprint density at radius 3 is 2.58 bits per heavy atom. The van der Waals surface area contributed by atoms with E-state index in [4.69, 9.17) is 9.47 Å². The fourth-order valence-electron chi connectivity index (χ4n) is 4.90. The molecule has 2 aliphatic rings. The highest BCUT2D eigenvalue weighted by Gasteiger charge is 2.31. The highest BCUT2D eigenvalue weighted by Crippen LogP contribution is 2.34. The van der Waals surface area contributed by atoms with Crippen LogP contribution in [0.15, 0.2) is 0 Å². The van der Waals surface area contributed by atoms with Crippen LogP contribution in [0.5, 0.6) is 0 Å². The summed E-state index contributed by atoms with van der Waals surface area (Å²) < 4.78 is 11.1. The SMILES string of the molecule is CCOC(=O)c1c(NC(=O)CN2CCCC2CN2CC(C)OC(C)C2)sc(C)c1CC. The highest BCUT2D eigenvalue weighted by molar-refractivity contribution is 7.16. The number of aryl methyl sites for hydroxylation is 1. The lowest BCUT2D eigenvalue weighted by Gasteiger charge is -2.38. The number of carbonyl (C=O) groups excluding carboxylic acids is 2. The van der Waals surface area contributed by atoms with Gasteiger partial charge in [0.05, 0.1) is 30.9 Å². The quantitative estimate of drug-likeness (QED) is 0.612. The Morgan fingerprint density at radius 2 is 1.94 bits per heavy atom. The van der Waals surface area contributed by atoms with E-state index in [0.29, 0.717) is 29.8 Å². The normalized spacial score (nSPS) is 25.0. The van der Waals surface area contributed by atoms with Crippen LogP contribution in [0.3, 0.4) is 0 Å². The lowest BCUT2D eigenvalue weighted by atomic mass is 10.1. The molecule has 1 N–H and O–H groups in total. The summed E-state index contributed by atoms with van der Waals surface area (Å²) >= 11 is 1.46. The van der Waals surface area contributed by atoms with Crippen LogP contribution < -0.4 is 5.32 Å². The van der Waals surface area contributed by atoms with Gasteiger partial charge in [0.1, 0.15) is 5.00 Å². The first kappa shape index (κ1) is 24.2. The predicted octanol–water partition coefficient (Wildman–Crippen LogP) is 3.31. The molecule has 1 aromatic heterocycles. The molecule has 174 valence electrons. The Morgan fingerprint density at radius 1 is 1.23 bits per heavy atom. The number of ether oxygens (including phenoxy) is 2. The van der Waals surface area contributed by atoms with Gasteiger partial charge in [-0.15, -0.1) is 11.3 Å². The van der Waals surface area contributed by atoms with Gasteiger partial charge in [-0.05, 0) is 59.1 Å². The first-order valence-electron chi connectivity index (χ1n) is 11.5. The van der Waals surface area contributed by atoms with Gasteiger partial charge in [0, 0.05) is 30.6 Å². The molecule has 3 rings (SSSR count). The first-order valence-corrected chi connectivity index (χ1v) is 12.3. The van der Waals surface area contributed by atoms with Gasteiger partial charge in [0.2, 0.25) is 5.91 Å². The Hall–Kier alpha value is -1.48. The lowest BCUT2D eigenvalue weighted by molar-refractivity contribution is -0.117. The molecule has 2 saturated heterocycles. The monoisotopic (exact) mass is 451 g/mol. The van der Waals surface area contributed by atoms with Gasteiger partial charge in [0.25, 0.3) is 0 Å². The molecule has 0 aliphatic carbocycles. The highest BCUT2D eigenvalue weighted by atomic mass is 32.1. The van der Waals surface area contributed by atoms with Crippen LogP contribution >= 0.6 is 11.3 Å². The molecule has 0 aromatic carbocycles. The minimum atomic E-state index is -0.353. The van der Waals surface area contributed by atoms with E-state index >= 15 is 0 Å². The summed E-state index contributed by atoms with van der Waals surface area (Å²) in [6, 6.07) is 0.379. The molecule has 0 radical (unpaired) electrons. The maximum Gasteiger partial charge on any atom is 0.341 e. The fraction of sp³-hybridized carbons (Fsp3) is 0.739. The Kier molecular flexibility index (Phi) is 8.50. The molecule has 0 saturated carbocycles. The molecule has 31 heavy (non-hydrogen) atoms. The number of nitrogens with zero attached hydrogens (tertiary/aromatic N) is 2. The summed E-state index contributed by atoms with van der Waals surface area (Å²) in [4.78, 5) is 31.2. The minimum absolute atomic E-state index is 0.0648. The molecule has 3 heterocycles. The largest absolute Gasteiger partial charge is 0.462 e. The van der Waals surface area contributed by atoms with Crippen molar-refractivity contribution in [2.24, 2.45) is 0 Å². The Bertz CT molecular complexity index is 771. The van der Waals surface area contributed by atoms with E-state index in [0.717, 1.165) is 55.9 Å². The second-order valence-corrected chi connectivity index (χ2v) is 9.93. The summed E-state index contributed by atoms with van der Waals surface area (Å²) in [5, 5.41) is 3.63. The second-order valence-electron chi connectivity index (χ2n) is 8.71. The van der Waals surface area contributed by atoms with E-state index in [-0.39, 0.29) is 24.1 Å². The molecular formula is C23H37N3O4S. The summed E-state index contributed by atoms with van der Waals surface area (Å²) in [5.41, 5.74) is 1.49. The van der Waals surface area contributed by atoms with Crippen molar-refractivity contribution in [1.82, 2.24) is 9.80 Å². The third kappa shape index (κ3) is 6.06. The number of likely N-dealkylation sites (tertiary alicyclic amines) is 1. The standard InChI is InChI=1S/C23H37N3O4S/c1-6-19-17(5)31-22(21(19)23(28)29-7-2)24-20(27)14-26-10-8-9-18(26)13-25-11-15(3)30-16(4)12-25/h15-16,18H,6-14H2,1-5H3,(H,24,27). The molecule has 1 aromatic rings. The molecule has 2 fully saturated rings. The molecule has 2 aliphatic heterocycles. The molecule has 3 atom stereocenters. The topological polar surface area (TPSA) is 71.1 Å². The van der Waals surface area contributed by atoms with Crippen molar-refractivity contribution < 1.29 is 19.1 Å². The number of hydrogen-bond donors (Lipinski definition) is 1. The smallest absolute Gasteiger partial charge is 0.341 e. The maximum atomic E-state index is 12.9. The number of morpholine rings is 1. The van der Waals surface area contributed by atoms with E-state index in [1.165, 1.54) is 11.3 Å². The van der Waals surface area contributed by atoms with Gasteiger partial charge in [-0.25, -0.2) is 4.79 Å². The molecule has 1 amide bonds. The van der Waals surface area contributed by atoms with Crippen molar-refractivity contribution >= 4 is 28.2 Å². The van der Waals surface area contributed by atoms with E-state index in [1.54, 1.807) is 6.92 Å². The third-order valence-electron chi connectivity index (χ3n) is 6.10. The van der Waals surface area contributed by atoms with Crippen LogP contribution in [-0.4, -0.2) is 79.3 Å². The van der Waals surface area contributed by atoms with Crippen LogP contribution in [0.25, 0.3) is 0 Å². The average molecular weight is 452 g/mol. The van der Waals surface area contributed by atoms with Crippen molar-refractivity contribution in [3.05, 3.63) is 16.0 Å². The number of hydrogen-bond acceptors (Lipinski definition) is 7. The van der Waals surface area contributed by atoms with Crippen molar-refractivity contribution in [2.75, 3.05) is 44.6 Å². The number of anilines is 1. The summed E-state index contributed by atoms with van der Waals surface area (Å²) in [6.45, 7) is 14.5. The van der Waals surface area contributed by atoms with Gasteiger partial charge < -0.3 is 14.8 Å². The van der Waals surface area contributed by atoms with E-state index in [1.807, 2.05) is 13.8 Å². The van der Waals surface area contributed by atoms with Gasteiger partial charge in [-0.1, -0.05) is 6.92 Å². The summed E-state index contributed by atoms with van der Waals surface area (Å²) in [5.74, 6) is -0.418. The second kappa shape index (κ2) is 10.9. The number of thiophene rings is 1. The maximum absolute atomic E-state index is 12.9. The molecule has 0 spiro atoms. The van der Waals surface area contributed by atoms with Gasteiger partial charge in [-0.3, -0.25) is 14.6 Å². The number of carbonyl (C=O) groups is 2. The van der Waals surface area contributed by atoms with Crippen LogP contribution in [-0.2, 0) is 20.7 Å². The van der Waals surface area contributed by atoms with Gasteiger partial charge >= 0.3 is 5.97 Å². The van der Waals surface area contributed by atoms with Gasteiger partial charge in [0.15, 0.2) is 0 Å². The average Bonchev–Trinajstić information content (AvgIpc) is 3.24. The van der Waals surface area contributed by atoms with E-state index in [9.17, 15) is 9.59 Å². The zero-order valence-corrected chi connectivity index (χ0v) is 20.3. The molecule has 0 bridgehead atoms. The Balaban J connectivity index is 1.63. The third-order valence-corrected chi connectivity index (χ3v) is 7.17. The minimum Gasteiger partial charge on any atom is -0.462 e. The van der Waals surface area contributed by atoms with Crippen LogP contribution in [0.4, 0.5) is 5.00 Å². The zero-order chi connectivity index (χ0) is 22.5. The Labute approximate surface area is 190 Å². The number of esters is 1. The number of rotatable bonds is 8. The molecule has 7 nitrogen and oxygen atoms in total. The van der Waals surface area contributed by atoms with Crippen LogP contribution in [0.2, 0.25) is 0 Å². The fourth-order valence-corrected chi connectivity index (χ4v) is 6.05. The lowest BCUT2D eigenvalue weighted by Crippen LogP contribution is -2.50. The van der Waals surface area contributed by atoms with E-state index in [2.05, 4.69) is 29.0 Å². The summed E-state index contributed by atoms with van der Waals surface area (Å²) in [7, 11) is 0. The molecular weight excluding hydrogens is 414 g/mol. The molecule has 3 unspecified atom stereocenters. The first-order chi connectivity index (χ1) is 14.8. The summed E-state index contributed by atoms with van der Waals surface area (Å²) in [6.07, 6.45) is 3.45. The van der Waals surface area contributed by atoms with Crippen molar-refractivity contribution in [3.63, 3.8) is 0 Å². The van der Waals surface area contributed by atoms with Gasteiger partial charge in [-0.2, -0.15) is 0 Å².